The van der Waals surface area contributed by atoms with Gasteiger partial charge in [0.2, 0.25) is 0 Å². The molecule has 2 rings (SSSR count). The van der Waals surface area contributed by atoms with E-state index in [1.54, 1.807) is 0 Å². The summed E-state index contributed by atoms with van der Waals surface area (Å²) in [4.78, 5) is 11.7. The summed E-state index contributed by atoms with van der Waals surface area (Å²) < 4.78 is 6.98. The first-order valence-electron chi connectivity index (χ1n) is 6.49. The van der Waals surface area contributed by atoms with E-state index in [1.165, 1.54) is 25.6 Å². The maximum Gasteiger partial charge on any atom is 0.313 e. The van der Waals surface area contributed by atoms with Gasteiger partial charge < -0.3 is 14.6 Å². The van der Waals surface area contributed by atoms with Gasteiger partial charge in [-0.25, -0.2) is 0 Å². The zero-order valence-electron chi connectivity index (χ0n) is 11.4. The molecule has 18 heavy (non-hydrogen) atoms. The predicted molar refractivity (Wildman–Crippen MR) is 70.1 cm³/mol. The van der Waals surface area contributed by atoms with Gasteiger partial charge in [0, 0.05) is 31.0 Å². The van der Waals surface area contributed by atoms with Crippen LogP contribution >= 0.6 is 0 Å². The maximum absolute atomic E-state index is 11.7. The molecule has 1 aromatic rings. The third-order valence-corrected chi connectivity index (χ3v) is 3.38. The number of ether oxygens (including phenoxy) is 1. The van der Waals surface area contributed by atoms with Crippen LogP contribution in [0.15, 0.2) is 18.3 Å². The van der Waals surface area contributed by atoms with Crippen LogP contribution in [0.2, 0.25) is 0 Å². The molecule has 4 nitrogen and oxygen atoms in total. The van der Waals surface area contributed by atoms with Gasteiger partial charge in [-0.15, -0.1) is 0 Å². The fourth-order valence-electron chi connectivity index (χ4n) is 2.07. The average molecular weight is 250 g/mol. The zero-order valence-corrected chi connectivity index (χ0v) is 11.4. The predicted octanol–water partition coefficient (Wildman–Crippen LogP) is 1.94. The van der Waals surface area contributed by atoms with Gasteiger partial charge in [-0.2, -0.15) is 0 Å². The molecule has 100 valence electrons. The van der Waals surface area contributed by atoms with E-state index < -0.39 is 5.41 Å². The average Bonchev–Trinajstić information content (AvgIpc) is 3.07. The maximum atomic E-state index is 11.7. The van der Waals surface area contributed by atoms with E-state index in [4.69, 9.17) is 4.74 Å². The van der Waals surface area contributed by atoms with Crippen molar-refractivity contribution in [2.24, 2.45) is 5.41 Å². The molecule has 0 radical (unpaired) electrons. The highest BCUT2D eigenvalue weighted by Crippen LogP contribution is 2.22. The van der Waals surface area contributed by atoms with Crippen molar-refractivity contribution in [3.63, 3.8) is 0 Å². The Balaban J connectivity index is 1.99. The molecule has 1 saturated carbocycles. The highest BCUT2D eigenvalue weighted by atomic mass is 16.5. The van der Waals surface area contributed by atoms with Crippen molar-refractivity contribution in [1.82, 2.24) is 9.88 Å². The lowest BCUT2D eigenvalue weighted by Crippen LogP contribution is -2.31. The van der Waals surface area contributed by atoms with Gasteiger partial charge in [-0.05, 0) is 38.8 Å². The Labute approximate surface area is 108 Å². The molecule has 1 heterocycles. The van der Waals surface area contributed by atoms with E-state index >= 15 is 0 Å². The standard InChI is InChI=1S/C14H22N2O2/c1-14(2,13(17)18-3)10-16-8-4-5-12(16)9-15-11-6-7-11/h4-5,8,11,15H,6-7,9-10H2,1-3H3. The van der Waals surface area contributed by atoms with Crippen LogP contribution in [0.25, 0.3) is 0 Å². The van der Waals surface area contributed by atoms with Crippen LogP contribution in [0.3, 0.4) is 0 Å². The summed E-state index contributed by atoms with van der Waals surface area (Å²) in [6.07, 6.45) is 4.59. The molecule has 0 amide bonds. The first-order chi connectivity index (χ1) is 8.53. The Kier molecular flexibility index (Phi) is 3.76. The van der Waals surface area contributed by atoms with Gasteiger partial charge in [0.25, 0.3) is 0 Å². The van der Waals surface area contributed by atoms with Crippen LogP contribution in [-0.2, 0) is 22.6 Å². The van der Waals surface area contributed by atoms with E-state index in [0.717, 1.165) is 6.54 Å². The Morgan fingerprint density at radius 3 is 2.89 bits per heavy atom. The summed E-state index contributed by atoms with van der Waals surface area (Å²) in [6.45, 7) is 5.34. The molecule has 1 N–H and O–H groups in total. The van der Waals surface area contributed by atoms with Gasteiger partial charge in [0.05, 0.1) is 12.5 Å². The van der Waals surface area contributed by atoms with Gasteiger partial charge in [0.15, 0.2) is 0 Å². The number of rotatable bonds is 6. The topological polar surface area (TPSA) is 43.3 Å². The van der Waals surface area contributed by atoms with Crippen LogP contribution in [-0.4, -0.2) is 23.7 Å². The molecule has 0 bridgehead atoms. The van der Waals surface area contributed by atoms with Gasteiger partial charge >= 0.3 is 5.97 Å². The van der Waals surface area contributed by atoms with Gasteiger partial charge in [0.1, 0.15) is 0 Å². The molecule has 0 aromatic carbocycles. The van der Waals surface area contributed by atoms with Crippen molar-refractivity contribution < 1.29 is 9.53 Å². The largest absolute Gasteiger partial charge is 0.469 e. The second-order valence-electron chi connectivity index (χ2n) is 5.66. The second kappa shape index (κ2) is 5.14. The van der Waals surface area contributed by atoms with Crippen LogP contribution in [0.1, 0.15) is 32.4 Å². The summed E-state index contributed by atoms with van der Waals surface area (Å²) in [5.41, 5.74) is 0.723. The number of nitrogens with one attached hydrogen (secondary N) is 1. The fourth-order valence-corrected chi connectivity index (χ4v) is 2.07. The minimum absolute atomic E-state index is 0.169. The third kappa shape index (κ3) is 3.13. The summed E-state index contributed by atoms with van der Waals surface area (Å²) in [7, 11) is 1.44. The van der Waals surface area contributed by atoms with E-state index in [9.17, 15) is 4.79 Å². The SMILES string of the molecule is COC(=O)C(C)(C)Cn1cccc1CNC1CC1. The molecule has 1 aromatic heterocycles. The van der Waals surface area contributed by atoms with Crippen LogP contribution in [0.5, 0.6) is 0 Å². The lowest BCUT2D eigenvalue weighted by atomic mass is 9.93. The normalized spacial score (nSPS) is 15.7. The van der Waals surface area contributed by atoms with E-state index in [-0.39, 0.29) is 5.97 Å². The Morgan fingerprint density at radius 1 is 1.56 bits per heavy atom. The minimum Gasteiger partial charge on any atom is -0.469 e. The van der Waals surface area contributed by atoms with E-state index in [2.05, 4.69) is 16.0 Å². The van der Waals surface area contributed by atoms with Gasteiger partial charge in [-0.3, -0.25) is 4.79 Å². The third-order valence-electron chi connectivity index (χ3n) is 3.38. The molecule has 1 aliphatic carbocycles. The lowest BCUT2D eigenvalue weighted by molar-refractivity contribution is -0.151. The summed E-state index contributed by atoms with van der Waals surface area (Å²) >= 11 is 0. The van der Waals surface area contributed by atoms with Crippen LogP contribution < -0.4 is 5.32 Å². The quantitative estimate of drug-likeness (QED) is 0.785. The monoisotopic (exact) mass is 250 g/mol. The summed E-state index contributed by atoms with van der Waals surface area (Å²) in [6, 6.07) is 4.82. The molecule has 4 heteroatoms. The molecule has 0 atom stereocenters. The number of aromatic nitrogens is 1. The van der Waals surface area contributed by atoms with Crippen LogP contribution in [0.4, 0.5) is 0 Å². The van der Waals surface area contributed by atoms with Crippen molar-refractivity contribution in [3.05, 3.63) is 24.0 Å². The second-order valence-corrected chi connectivity index (χ2v) is 5.66. The highest BCUT2D eigenvalue weighted by molar-refractivity contribution is 5.75. The Hall–Kier alpha value is -1.29. The van der Waals surface area contributed by atoms with E-state index in [0.29, 0.717) is 12.6 Å². The van der Waals surface area contributed by atoms with Crippen LogP contribution in [0, 0.1) is 5.41 Å². The number of methoxy groups -OCH3 is 1. The Bertz CT molecular complexity index is 419. The van der Waals surface area contributed by atoms with Crippen molar-refractivity contribution in [2.75, 3.05) is 7.11 Å². The Morgan fingerprint density at radius 2 is 2.28 bits per heavy atom. The smallest absolute Gasteiger partial charge is 0.313 e. The molecule has 0 aliphatic heterocycles. The number of esters is 1. The molecular formula is C14H22N2O2. The molecule has 0 unspecified atom stereocenters. The number of hydrogen-bond donors (Lipinski definition) is 1. The fraction of sp³-hybridized carbons (Fsp3) is 0.643. The number of carbonyl (C=O) groups excluding carboxylic acids is 1. The van der Waals surface area contributed by atoms with Crippen molar-refractivity contribution in [2.45, 2.75) is 45.8 Å². The number of hydrogen-bond acceptors (Lipinski definition) is 3. The first kappa shape index (κ1) is 13.1. The molecule has 1 fully saturated rings. The molecule has 0 saturated heterocycles. The molecule has 1 aliphatic rings. The lowest BCUT2D eigenvalue weighted by Gasteiger charge is -2.23. The van der Waals surface area contributed by atoms with Crippen molar-refractivity contribution in [1.29, 1.82) is 0 Å². The minimum atomic E-state index is -0.498. The molecule has 0 spiro atoms. The van der Waals surface area contributed by atoms with E-state index in [1.807, 2.05) is 26.1 Å². The number of carbonyl (C=O) groups is 1. The first-order valence-corrected chi connectivity index (χ1v) is 6.49. The highest BCUT2D eigenvalue weighted by Gasteiger charge is 2.29. The number of nitrogens with zero attached hydrogens (tertiary/aromatic N) is 1. The summed E-state index contributed by atoms with van der Waals surface area (Å²) in [5, 5.41) is 3.49. The van der Waals surface area contributed by atoms with Crippen molar-refractivity contribution in [3.8, 4) is 0 Å². The molecular weight excluding hydrogens is 228 g/mol. The zero-order chi connectivity index (χ0) is 13.2. The van der Waals surface area contributed by atoms with Gasteiger partial charge in [-0.1, -0.05) is 0 Å². The van der Waals surface area contributed by atoms with Crippen molar-refractivity contribution >= 4 is 5.97 Å². The summed E-state index contributed by atoms with van der Waals surface area (Å²) in [5.74, 6) is -0.169.